The molecule has 0 bridgehead atoms. The van der Waals surface area contributed by atoms with Crippen LogP contribution in [0.5, 0.6) is 5.75 Å². The minimum absolute atomic E-state index is 0.0365. The van der Waals surface area contributed by atoms with Crippen molar-refractivity contribution in [3.8, 4) is 5.75 Å². The van der Waals surface area contributed by atoms with Gasteiger partial charge in [-0.15, -0.1) is 0 Å². The maximum Gasteiger partial charge on any atom is 0.170 e. The zero-order valence-corrected chi connectivity index (χ0v) is 7.28. The molecule has 0 saturated carbocycles. The molecule has 0 unspecified atom stereocenters. The van der Waals surface area contributed by atoms with Crippen LogP contribution in [0.4, 0.5) is 0 Å². The van der Waals surface area contributed by atoms with Crippen LogP contribution in [-0.4, -0.2) is 16.7 Å². The topological polar surface area (TPSA) is 54.4 Å². The fraction of sp³-hybridized carbons (Fsp3) is 0.200. The smallest absolute Gasteiger partial charge is 0.170 e. The Hall–Kier alpha value is -1.64. The van der Waals surface area contributed by atoms with Crippen molar-refractivity contribution in [1.82, 2.24) is 0 Å². The first-order chi connectivity index (χ1) is 6.09. The van der Waals surface area contributed by atoms with E-state index < -0.39 is 0 Å². The summed E-state index contributed by atoms with van der Waals surface area (Å²) in [6, 6.07) is 5.98. The molecule has 68 valence electrons. The Morgan fingerprint density at radius 2 is 2.08 bits per heavy atom. The van der Waals surface area contributed by atoms with Crippen LogP contribution in [0, 0.1) is 0 Å². The molecule has 0 saturated heterocycles. The average Bonchev–Trinajstić information content (AvgIpc) is 2.03. The SMILES string of the molecule is CC(=O)CC(=O)c1cccc(O)c1. The average molecular weight is 178 g/mol. The van der Waals surface area contributed by atoms with Crippen molar-refractivity contribution in [3.05, 3.63) is 29.8 Å². The van der Waals surface area contributed by atoms with E-state index in [-0.39, 0.29) is 23.7 Å². The molecule has 1 N–H and O–H groups in total. The van der Waals surface area contributed by atoms with Gasteiger partial charge in [-0.1, -0.05) is 12.1 Å². The summed E-state index contributed by atoms with van der Waals surface area (Å²) in [5, 5.41) is 9.06. The number of carbonyl (C=O) groups is 2. The van der Waals surface area contributed by atoms with Gasteiger partial charge in [0.1, 0.15) is 11.5 Å². The Labute approximate surface area is 76.0 Å². The van der Waals surface area contributed by atoms with Gasteiger partial charge in [-0.25, -0.2) is 0 Å². The van der Waals surface area contributed by atoms with Crippen LogP contribution in [0.15, 0.2) is 24.3 Å². The van der Waals surface area contributed by atoms with E-state index in [0.29, 0.717) is 5.56 Å². The van der Waals surface area contributed by atoms with Crippen molar-refractivity contribution in [2.75, 3.05) is 0 Å². The lowest BCUT2D eigenvalue weighted by molar-refractivity contribution is -0.116. The third-order valence-electron chi connectivity index (χ3n) is 1.58. The maximum absolute atomic E-state index is 11.3. The first kappa shape index (κ1) is 9.45. The van der Waals surface area contributed by atoms with E-state index in [4.69, 9.17) is 5.11 Å². The van der Waals surface area contributed by atoms with Crippen LogP contribution in [0.3, 0.4) is 0 Å². The van der Waals surface area contributed by atoms with Gasteiger partial charge in [-0.2, -0.15) is 0 Å². The van der Waals surface area contributed by atoms with E-state index in [1.807, 2.05) is 0 Å². The summed E-state index contributed by atoms with van der Waals surface area (Å²) in [4.78, 5) is 21.9. The van der Waals surface area contributed by atoms with Gasteiger partial charge in [0.15, 0.2) is 5.78 Å². The fourth-order valence-corrected chi connectivity index (χ4v) is 1.01. The molecule has 0 heterocycles. The minimum atomic E-state index is -0.261. The van der Waals surface area contributed by atoms with E-state index in [2.05, 4.69) is 0 Å². The molecule has 0 aliphatic carbocycles. The second kappa shape index (κ2) is 3.85. The summed E-state index contributed by atoms with van der Waals surface area (Å²) in [5.41, 5.74) is 0.371. The van der Waals surface area contributed by atoms with Gasteiger partial charge in [-0.3, -0.25) is 9.59 Å². The van der Waals surface area contributed by atoms with Crippen LogP contribution in [0.25, 0.3) is 0 Å². The van der Waals surface area contributed by atoms with E-state index >= 15 is 0 Å². The minimum Gasteiger partial charge on any atom is -0.508 e. The van der Waals surface area contributed by atoms with Crippen molar-refractivity contribution < 1.29 is 14.7 Å². The molecule has 0 aromatic heterocycles. The second-order valence-electron chi connectivity index (χ2n) is 2.85. The number of ketones is 2. The first-order valence-corrected chi connectivity index (χ1v) is 3.91. The number of carbonyl (C=O) groups excluding carboxylic acids is 2. The number of Topliss-reactive ketones (excluding diaryl/α,β-unsaturated/α-hetero) is 2. The highest BCUT2D eigenvalue weighted by Gasteiger charge is 2.08. The molecule has 13 heavy (non-hydrogen) atoms. The zero-order valence-electron chi connectivity index (χ0n) is 7.28. The highest BCUT2D eigenvalue weighted by atomic mass is 16.3. The summed E-state index contributed by atoms with van der Waals surface area (Å²) in [7, 11) is 0. The lowest BCUT2D eigenvalue weighted by Gasteiger charge is -1.98. The number of aromatic hydroxyl groups is 1. The number of rotatable bonds is 3. The zero-order chi connectivity index (χ0) is 9.84. The van der Waals surface area contributed by atoms with E-state index in [0.717, 1.165) is 0 Å². The van der Waals surface area contributed by atoms with Gasteiger partial charge in [0.05, 0.1) is 6.42 Å². The quantitative estimate of drug-likeness (QED) is 0.564. The van der Waals surface area contributed by atoms with Crippen molar-refractivity contribution in [2.24, 2.45) is 0 Å². The molecular formula is C10H10O3. The predicted molar refractivity (Wildman–Crippen MR) is 47.7 cm³/mol. The van der Waals surface area contributed by atoms with Crippen molar-refractivity contribution >= 4 is 11.6 Å². The molecule has 3 heteroatoms. The molecular weight excluding hydrogens is 168 g/mol. The lowest BCUT2D eigenvalue weighted by Crippen LogP contribution is -2.04. The summed E-state index contributed by atoms with van der Waals surface area (Å²) in [6.45, 7) is 1.36. The number of benzene rings is 1. The molecule has 0 spiro atoms. The second-order valence-corrected chi connectivity index (χ2v) is 2.85. The van der Waals surface area contributed by atoms with Crippen molar-refractivity contribution in [3.63, 3.8) is 0 Å². The Morgan fingerprint density at radius 1 is 1.38 bits per heavy atom. The first-order valence-electron chi connectivity index (χ1n) is 3.91. The predicted octanol–water partition coefficient (Wildman–Crippen LogP) is 1.55. The molecule has 0 radical (unpaired) electrons. The van der Waals surface area contributed by atoms with Gasteiger partial charge in [-0.05, 0) is 19.1 Å². The molecule has 3 nitrogen and oxygen atoms in total. The molecule has 0 amide bonds. The summed E-state index contributed by atoms with van der Waals surface area (Å²) in [6.07, 6.45) is -0.108. The highest BCUT2D eigenvalue weighted by Crippen LogP contribution is 2.12. The summed E-state index contributed by atoms with van der Waals surface area (Å²) < 4.78 is 0. The third kappa shape index (κ3) is 2.71. The Kier molecular flexibility index (Phi) is 2.80. The number of hydrogen-bond acceptors (Lipinski definition) is 3. The van der Waals surface area contributed by atoms with E-state index in [1.54, 1.807) is 12.1 Å². The highest BCUT2D eigenvalue weighted by molar-refractivity contribution is 6.07. The Morgan fingerprint density at radius 3 is 2.62 bits per heavy atom. The normalized spacial score (nSPS) is 9.62. The molecule has 1 aromatic carbocycles. The Bertz CT molecular complexity index is 342. The van der Waals surface area contributed by atoms with Gasteiger partial charge in [0.2, 0.25) is 0 Å². The maximum atomic E-state index is 11.3. The fourth-order valence-electron chi connectivity index (χ4n) is 1.01. The van der Waals surface area contributed by atoms with Crippen molar-refractivity contribution in [2.45, 2.75) is 13.3 Å². The van der Waals surface area contributed by atoms with Crippen LogP contribution in [0.1, 0.15) is 23.7 Å². The molecule has 0 aliphatic rings. The molecule has 1 rings (SSSR count). The van der Waals surface area contributed by atoms with Crippen LogP contribution in [0.2, 0.25) is 0 Å². The van der Waals surface area contributed by atoms with E-state index in [1.165, 1.54) is 19.1 Å². The molecule has 0 aliphatic heterocycles. The van der Waals surface area contributed by atoms with Gasteiger partial charge < -0.3 is 5.11 Å². The lowest BCUT2D eigenvalue weighted by atomic mass is 10.1. The largest absolute Gasteiger partial charge is 0.508 e. The summed E-state index contributed by atoms with van der Waals surface area (Å²) >= 11 is 0. The Balaban J connectivity index is 2.83. The van der Waals surface area contributed by atoms with E-state index in [9.17, 15) is 9.59 Å². The monoisotopic (exact) mass is 178 g/mol. The molecule has 0 fully saturated rings. The van der Waals surface area contributed by atoms with Gasteiger partial charge in [0, 0.05) is 5.56 Å². The van der Waals surface area contributed by atoms with Gasteiger partial charge in [0.25, 0.3) is 0 Å². The number of phenols is 1. The molecule has 1 aromatic rings. The number of phenolic OH excluding ortho intramolecular Hbond substituents is 1. The van der Waals surface area contributed by atoms with Crippen molar-refractivity contribution in [1.29, 1.82) is 0 Å². The van der Waals surface area contributed by atoms with Crippen LogP contribution in [-0.2, 0) is 4.79 Å². The van der Waals surface area contributed by atoms with Gasteiger partial charge >= 0.3 is 0 Å². The molecule has 0 atom stereocenters. The van der Waals surface area contributed by atoms with Crippen LogP contribution >= 0.6 is 0 Å². The summed E-state index contributed by atoms with van der Waals surface area (Å²) in [5.74, 6) is -0.397. The van der Waals surface area contributed by atoms with Crippen LogP contribution < -0.4 is 0 Å². The standard InChI is InChI=1S/C10H10O3/c1-7(11)5-10(13)8-3-2-4-9(12)6-8/h2-4,6,12H,5H2,1H3. The third-order valence-corrected chi connectivity index (χ3v) is 1.58. The number of hydrogen-bond donors (Lipinski definition) is 1.